The van der Waals surface area contributed by atoms with Crippen molar-refractivity contribution in [2.45, 2.75) is 19.9 Å². The first-order chi connectivity index (χ1) is 14.0. The van der Waals surface area contributed by atoms with Crippen molar-refractivity contribution in [3.63, 3.8) is 0 Å². The van der Waals surface area contributed by atoms with Gasteiger partial charge in [-0.1, -0.05) is 29.8 Å². The van der Waals surface area contributed by atoms with Crippen molar-refractivity contribution >= 4 is 17.5 Å². The lowest BCUT2D eigenvalue weighted by Gasteiger charge is -2.37. The van der Waals surface area contributed by atoms with Crippen LogP contribution in [0.4, 0.5) is 10.1 Å². The Balaban J connectivity index is 1.32. The van der Waals surface area contributed by atoms with Crippen LogP contribution in [0.5, 0.6) is 0 Å². The third-order valence-electron chi connectivity index (χ3n) is 5.80. The third kappa shape index (κ3) is 4.42. The van der Waals surface area contributed by atoms with E-state index < -0.39 is 0 Å². The number of carbonyl (C=O) groups is 2. The number of hydrogen-bond donors (Lipinski definition) is 0. The van der Waals surface area contributed by atoms with E-state index in [0.29, 0.717) is 45.7 Å². The lowest BCUT2D eigenvalue weighted by atomic mass is 10.1. The van der Waals surface area contributed by atoms with Gasteiger partial charge in [0.1, 0.15) is 5.82 Å². The molecule has 6 heteroatoms. The van der Waals surface area contributed by atoms with E-state index in [1.165, 1.54) is 17.7 Å². The largest absolute Gasteiger partial charge is 0.368 e. The summed E-state index contributed by atoms with van der Waals surface area (Å²) >= 11 is 0. The summed E-state index contributed by atoms with van der Waals surface area (Å²) in [6, 6.07) is 14.6. The Kier molecular flexibility index (Phi) is 5.51. The molecule has 0 N–H and O–H groups in total. The van der Waals surface area contributed by atoms with E-state index in [1.54, 1.807) is 17.0 Å². The maximum absolute atomic E-state index is 13.1. The summed E-state index contributed by atoms with van der Waals surface area (Å²) in [7, 11) is 0. The molecule has 0 aromatic heterocycles. The minimum absolute atomic E-state index is 0.0507. The summed E-state index contributed by atoms with van der Waals surface area (Å²) < 4.78 is 13.1. The number of nitrogens with zero attached hydrogens (tertiary/aromatic N) is 3. The second-order valence-corrected chi connectivity index (χ2v) is 7.95. The van der Waals surface area contributed by atoms with Gasteiger partial charge in [-0.15, -0.1) is 0 Å². The number of aryl methyl sites for hydroxylation is 1. The molecule has 0 radical (unpaired) electrons. The molecule has 2 aliphatic heterocycles. The molecular formula is C23H26FN3O2. The molecule has 152 valence electrons. The Morgan fingerprint density at radius 2 is 1.79 bits per heavy atom. The predicted octanol–water partition coefficient (Wildman–Crippen LogP) is 2.83. The van der Waals surface area contributed by atoms with Crippen LogP contribution >= 0.6 is 0 Å². The van der Waals surface area contributed by atoms with E-state index in [0.717, 1.165) is 11.3 Å². The van der Waals surface area contributed by atoms with Gasteiger partial charge in [0.15, 0.2) is 0 Å². The van der Waals surface area contributed by atoms with Gasteiger partial charge in [0, 0.05) is 51.4 Å². The lowest BCUT2D eigenvalue weighted by molar-refractivity contribution is -0.136. The van der Waals surface area contributed by atoms with Gasteiger partial charge in [0.25, 0.3) is 0 Å². The third-order valence-corrected chi connectivity index (χ3v) is 5.80. The number of piperazine rings is 1. The van der Waals surface area contributed by atoms with Crippen molar-refractivity contribution in [2.75, 3.05) is 37.6 Å². The molecule has 2 aliphatic rings. The number of rotatable bonds is 4. The number of halogens is 1. The summed E-state index contributed by atoms with van der Waals surface area (Å²) in [6.07, 6.45) is 0.294. The van der Waals surface area contributed by atoms with E-state index in [1.807, 2.05) is 30.0 Å². The van der Waals surface area contributed by atoms with E-state index >= 15 is 0 Å². The molecule has 0 saturated carbocycles. The highest BCUT2D eigenvalue weighted by atomic mass is 19.1. The second-order valence-electron chi connectivity index (χ2n) is 7.95. The van der Waals surface area contributed by atoms with Gasteiger partial charge in [-0.2, -0.15) is 0 Å². The Morgan fingerprint density at radius 3 is 2.48 bits per heavy atom. The fraction of sp³-hybridized carbons (Fsp3) is 0.391. The van der Waals surface area contributed by atoms with E-state index in [9.17, 15) is 14.0 Å². The molecule has 2 amide bonds. The van der Waals surface area contributed by atoms with Gasteiger partial charge in [0.05, 0.1) is 5.92 Å². The van der Waals surface area contributed by atoms with Crippen LogP contribution in [0.15, 0.2) is 48.5 Å². The van der Waals surface area contributed by atoms with Gasteiger partial charge in [0.2, 0.25) is 11.8 Å². The molecule has 0 spiro atoms. The molecular weight excluding hydrogens is 369 g/mol. The molecule has 4 rings (SSSR count). The molecule has 2 aromatic rings. The Hall–Kier alpha value is -2.89. The zero-order valence-electron chi connectivity index (χ0n) is 16.7. The van der Waals surface area contributed by atoms with Gasteiger partial charge >= 0.3 is 0 Å². The first kappa shape index (κ1) is 19.4. The van der Waals surface area contributed by atoms with Crippen LogP contribution in [-0.4, -0.2) is 54.3 Å². The first-order valence-corrected chi connectivity index (χ1v) is 10.1. The molecule has 29 heavy (non-hydrogen) atoms. The van der Waals surface area contributed by atoms with E-state index in [4.69, 9.17) is 0 Å². The molecule has 2 saturated heterocycles. The molecule has 1 atom stereocenters. The number of benzene rings is 2. The number of carbonyl (C=O) groups excluding carboxylic acids is 2. The quantitative estimate of drug-likeness (QED) is 0.800. The summed E-state index contributed by atoms with van der Waals surface area (Å²) in [4.78, 5) is 31.2. The summed E-state index contributed by atoms with van der Waals surface area (Å²) in [5.41, 5.74) is 3.24. The normalized spacial score (nSPS) is 19.7. The minimum atomic E-state index is -0.260. The average Bonchev–Trinajstić information content (AvgIpc) is 3.08. The fourth-order valence-corrected chi connectivity index (χ4v) is 4.22. The highest BCUT2D eigenvalue weighted by molar-refractivity contribution is 5.89. The zero-order valence-corrected chi connectivity index (χ0v) is 16.7. The Morgan fingerprint density at radius 1 is 1.07 bits per heavy atom. The molecule has 2 fully saturated rings. The van der Waals surface area contributed by atoms with Crippen molar-refractivity contribution in [1.82, 2.24) is 9.80 Å². The smallest absolute Gasteiger partial charge is 0.228 e. The molecule has 1 unspecified atom stereocenters. The molecule has 2 aromatic carbocycles. The van der Waals surface area contributed by atoms with Crippen LogP contribution in [-0.2, 0) is 16.1 Å². The first-order valence-electron chi connectivity index (χ1n) is 10.1. The van der Waals surface area contributed by atoms with Crippen LogP contribution in [0.1, 0.15) is 17.5 Å². The highest BCUT2D eigenvalue weighted by Crippen LogP contribution is 2.24. The number of likely N-dealkylation sites (tertiary alicyclic amines) is 1. The molecule has 0 bridgehead atoms. The summed E-state index contributed by atoms with van der Waals surface area (Å²) in [5.74, 6) is -0.382. The Labute approximate surface area is 170 Å². The number of hydrogen-bond acceptors (Lipinski definition) is 3. The highest BCUT2D eigenvalue weighted by Gasteiger charge is 2.37. The molecule has 2 heterocycles. The van der Waals surface area contributed by atoms with Crippen molar-refractivity contribution < 1.29 is 14.0 Å². The van der Waals surface area contributed by atoms with Gasteiger partial charge in [-0.3, -0.25) is 9.59 Å². The maximum Gasteiger partial charge on any atom is 0.228 e. The van der Waals surface area contributed by atoms with Crippen molar-refractivity contribution in [1.29, 1.82) is 0 Å². The number of anilines is 1. The molecule has 5 nitrogen and oxygen atoms in total. The van der Waals surface area contributed by atoms with Gasteiger partial charge in [-0.05, 0) is 36.8 Å². The minimum Gasteiger partial charge on any atom is -0.368 e. The standard InChI is InChI=1S/C23H26FN3O2/c1-17-3-2-4-18(13-17)15-27-16-19(14-22(27)28)23(29)26-11-9-25(10-12-26)21-7-5-20(24)6-8-21/h2-8,13,19H,9-12,14-16H2,1H3. The number of amides is 2. The average molecular weight is 395 g/mol. The molecule has 0 aliphatic carbocycles. The van der Waals surface area contributed by atoms with E-state index in [2.05, 4.69) is 11.0 Å². The fourth-order valence-electron chi connectivity index (χ4n) is 4.22. The van der Waals surface area contributed by atoms with Gasteiger partial charge < -0.3 is 14.7 Å². The van der Waals surface area contributed by atoms with Crippen LogP contribution in [0.3, 0.4) is 0 Å². The van der Waals surface area contributed by atoms with Crippen LogP contribution < -0.4 is 4.90 Å². The van der Waals surface area contributed by atoms with Gasteiger partial charge in [-0.25, -0.2) is 4.39 Å². The summed E-state index contributed by atoms with van der Waals surface area (Å²) in [6.45, 7) is 5.76. The van der Waals surface area contributed by atoms with Crippen molar-refractivity contribution in [2.24, 2.45) is 5.92 Å². The predicted molar refractivity (Wildman–Crippen MR) is 110 cm³/mol. The maximum atomic E-state index is 13.1. The van der Waals surface area contributed by atoms with E-state index in [-0.39, 0.29) is 23.5 Å². The van der Waals surface area contributed by atoms with Crippen molar-refractivity contribution in [3.05, 3.63) is 65.5 Å². The SMILES string of the molecule is Cc1cccc(CN2CC(C(=O)N3CCN(c4ccc(F)cc4)CC3)CC2=O)c1. The zero-order chi connectivity index (χ0) is 20.4. The summed E-state index contributed by atoms with van der Waals surface area (Å²) in [5, 5.41) is 0. The monoisotopic (exact) mass is 395 g/mol. The van der Waals surface area contributed by atoms with Crippen LogP contribution in [0.25, 0.3) is 0 Å². The van der Waals surface area contributed by atoms with Crippen LogP contribution in [0.2, 0.25) is 0 Å². The van der Waals surface area contributed by atoms with Crippen molar-refractivity contribution in [3.8, 4) is 0 Å². The topological polar surface area (TPSA) is 43.9 Å². The van der Waals surface area contributed by atoms with Crippen LogP contribution in [0, 0.1) is 18.7 Å². The lowest BCUT2D eigenvalue weighted by Crippen LogP contribution is -2.50. The Bertz CT molecular complexity index is 891. The second kappa shape index (κ2) is 8.23.